The summed E-state index contributed by atoms with van der Waals surface area (Å²) in [4.78, 5) is 3.84. The fraction of sp³-hybridized carbons (Fsp3) is 0.0833. The van der Waals surface area contributed by atoms with E-state index in [0.717, 1.165) is 5.56 Å². The number of halogens is 1. The molecule has 0 saturated heterocycles. The van der Waals surface area contributed by atoms with Crippen LogP contribution in [0.25, 0.3) is 11.1 Å². The first kappa shape index (κ1) is 10.4. The van der Waals surface area contributed by atoms with Crippen LogP contribution in [0.3, 0.4) is 0 Å². The van der Waals surface area contributed by atoms with Crippen LogP contribution in [-0.4, -0.2) is 17.2 Å². The number of benzene rings is 1. The highest BCUT2D eigenvalue weighted by molar-refractivity contribution is 5.63. The molecule has 0 aliphatic carbocycles. The van der Waals surface area contributed by atoms with Crippen molar-refractivity contribution >= 4 is 0 Å². The largest absolute Gasteiger partial charge is 0.508 e. The molecule has 1 aromatic heterocycles. The zero-order chi connectivity index (χ0) is 11.5. The second kappa shape index (κ2) is 4.18. The van der Waals surface area contributed by atoms with Crippen molar-refractivity contribution in [2.75, 3.05) is 7.11 Å². The number of phenols is 1. The highest BCUT2D eigenvalue weighted by atomic mass is 19.1. The molecule has 0 spiro atoms. The third-order valence-electron chi connectivity index (χ3n) is 2.20. The van der Waals surface area contributed by atoms with E-state index >= 15 is 0 Å². The number of ether oxygens (including phenoxy) is 1. The highest BCUT2D eigenvalue weighted by Gasteiger charge is 2.06. The summed E-state index contributed by atoms with van der Waals surface area (Å²) >= 11 is 0. The topological polar surface area (TPSA) is 42.4 Å². The summed E-state index contributed by atoms with van der Waals surface area (Å²) in [5.74, 6) is -0.360. The van der Waals surface area contributed by atoms with E-state index in [2.05, 4.69) is 4.98 Å². The number of methoxy groups -OCH3 is 1. The van der Waals surface area contributed by atoms with E-state index in [0.29, 0.717) is 5.56 Å². The van der Waals surface area contributed by atoms with Crippen LogP contribution >= 0.6 is 0 Å². The van der Waals surface area contributed by atoms with Crippen LogP contribution in [-0.2, 0) is 0 Å². The fourth-order valence-corrected chi connectivity index (χ4v) is 1.39. The van der Waals surface area contributed by atoms with Gasteiger partial charge in [-0.15, -0.1) is 0 Å². The summed E-state index contributed by atoms with van der Waals surface area (Å²) in [6, 6.07) is 7.81. The maximum absolute atomic E-state index is 13.4. The first-order valence-corrected chi connectivity index (χ1v) is 4.69. The minimum atomic E-state index is -0.506. The average molecular weight is 219 g/mol. The Hall–Kier alpha value is -2.10. The van der Waals surface area contributed by atoms with E-state index in [1.807, 2.05) is 0 Å². The second-order valence-corrected chi connectivity index (χ2v) is 3.26. The third kappa shape index (κ3) is 1.95. The van der Waals surface area contributed by atoms with Crippen molar-refractivity contribution in [3.63, 3.8) is 0 Å². The van der Waals surface area contributed by atoms with Crippen LogP contribution in [0.1, 0.15) is 0 Å². The van der Waals surface area contributed by atoms with Crippen LogP contribution in [0.4, 0.5) is 4.39 Å². The summed E-state index contributed by atoms with van der Waals surface area (Å²) in [7, 11) is 1.37. The number of aromatic nitrogens is 1. The van der Waals surface area contributed by atoms with E-state index in [1.165, 1.54) is 31.5 Å². The maximum atomic E-state index is 13.4. The van der Waals surface area contributed by atoms with Gasteiger partial charge in [-0.25, -0.2) is 9.37 Å². The Bertz CT molecular complexity index is 497. The van der Waals surface area contributed by atoms with E-state index in [1.54, 1.807) is 12.1 Å². The number of nitrogens with zero attached hydrogens (tertiary/aromatic N) is 1. The average Bonchev–Trinajstić information content (AvgIpc) is 2.30. The summed E-state index contributed by atoms with van der Waals surface area (Å²) in [6.07, 6.45) is 1.52. The lowest BCUT2D eigenvalue weighted by Crippen LogP contribution is -1.92. The molecular weight excluding hydrogens is 209 g/mol. The number of phenolic OH excluding ortho intramolecular Hbond substituents is 1. The minimum absolute atomic E-state index is 0.0254. The van der Waals surface area contributed by atoms with Gasteiger partial charge < -0.3 is 9.84 Å². The van der Waals surface area contributed by atoms with Gasteiger partial charge in [0, 0.05) is 11.8 Å². The molecule has 3 nitrogen and oxygen atoms in total. The van der Waals surface area contributed by atoms with Crippen molar-refractivity contribution in [3.05, 3.63) is 42.3 Å². The standard InChI is InChI=1S/C12H10FNO2/c1-16-12-11(13)6-9(7-14-12)8-2-4-10(15)5-3-8/h2-7,15H,1H3. The predicted molar refractivity (Wildman–Crippen MR) is 57.8 cm³/mol. The SMILES string of the molecule is COc1ncc(-c2ccc(O)cc2)cc1F. The van der Waals surface area contributed by atoms with Crippen molar-refractivity contribution in [2.24, 2.45) is 0 Å². The molecule has 0 aliphatic heterocycles. The molecule has 0 bridgehead atoms. The van der Waals surface area contributed by atoms with Gasteiger partial charge in [0.25, 0.3) is 0 Å². The van der Waals surface area contributed by atoms with E-state index in [-0.39, 0.29) is 11.6 Å². The first-order chi connectivity index (χ1) is 7.70. The molecule has 1 N–H and O–H groups in total. The molecular formula is C12H10FNO2. The van der Waals surface area contributed by atoms with Crippen LogP contribution in [0.15, 0.2) is 36.5 Å². The number of rotatable bonds is 2. The molecule has 2 rings (SSSR count). The second-order valence-electron chi connectivity index (χ2n) is 3.26. The van der Waals surface area contributed by atoms with Crippen molar-refractivity contribution < 1.29 is 14.2 Å². The summed E-state index contributed by atoms with van der Waals surface area (Å²) in [5.41, 5.74) is 1.42. The van der Waals surface area contributed by atoms with Gasteiger partial charge in [0.1, 0.15) is 5.75 Å². The van der Waals surface area contributed by atoms with Gasteiger partial charge in [0.2, 0.25) is 5.88 Å². The van der Waals surface area contributed by atoms with Gasteiger partial charge in [-0.1, -0.05) is 12.1 Å². The number of pyridine rings is 1. The quantitative estimate of drug-likeness (QED) is 0.844. The lowest BCUT2D eigenvalue weighted by Gasteiger charge is -2.04. The zero-order valence-electron chi connectivity index (χ0n) is 8.64. The van der Waals surface area contributed by atoms with E-state index in [4.69, 9.17) is 9.84 Å². The normalized spacial score (nSPS) is 10.1. The number of hydrogen-bond acceptors (Lipinski definition) is 3. The predicted octanol–water partition coefficient (Wildman–Crippen LogP) is 2.60. The van der Waals surface area contributed by atoms with Crippen LogP contribution in [0.5, 0.6) is 11.6 Å². The summed E-state index contributed by atoms with van der Waals surface area (Å²) < 4.78 is 18.1. The summed E-state index contributed by atoms with van der Waals surface area (Å²) in [6.45, 7) is 0. The highest BCUT2D eigenvalue weighted by Crippen LogP contribution is 2.24. The van der Waals surface area contributed by atoms with Crippen molar-refractivity contribution in [1.82, 2.24) is 4.98 Å². The molecule has 4 heteroatoms. The van der Waals surface area contributed by atoms with Gasteiger partial charge in [-0.3, -0.25) is 0 Å². The Kier molecular flexibility index (Phi) is 2.72. The molecule has 1 aromatic carbocycles. The molecule has 0 fully saturated rings. The molecule has 0 saturated carbocycles. The van der Waals surface area contributed by atoms with Crippen LogP contribution in [0, 0.1) is 5.82 Å². The minimum Gasteiger partial charge on any atom is -0.508 e. The lowest BCUT2D eigenvalue weighted by atomic mass is 10.1. The van der Waals surface area contributed by atoms with Crippen molar-refractivity contribution in [1.29, 1.82) is 0 Å². The third-order valence-corrected chi connectivity index (χ3v) is 2.20. The molecule has 0 aliphatic rings. The number of aromatic hydroxyl groups is 1. The van der Waals surface area contributed by atoms with Gasteiger partial charge in [-0.2, -0.15) is 0 Å². The Morgan fingerprint density at radius 1 is 1.19 bits per heavy atom. The Balaban J connectivity index is 2.41. The van der Waals surface area contributed by atoms with E-state index in [9.17, 15) is 4.39 Å². The molecule has 0 atom stereocenters. The monoisotopic (exact) mass is 219 g/mol. The van der Waals surface area contributed by atoms with Crippen molar-refractivity contribution in [3.8, 4) is 22.8 Å². The van der Waals surface area contributed by atoms with Crippen LogP contribution < -0.4 is 4.74 Å². The molecule has 0 unspecified atom stereocenters. The maximum Gasteiger partial charge on any atom is 0.250 e. The fourth-order valence-electron chi connectivity index (χ4n) is 1.39. The lowest BCUT2D eigenvalue weighted by molar-refractivity contribution is 0.369. The van der Waals surface area contributed by atoms with Gasteiger partial charge in [-0.05, 0) is 23.8 Å². The molecule has 0 radical (unpaired) electrons. The smallest absolute Gasteiger partial charge is 0.250 e. The Labute approximate surface area is 92.1 Å². The van der Waals surface area contributed by atoms with Gasteiger partial charge >= 0.3 is 0 Å². The van der Waals surface area contributed by atoms with Gasteiger partial charge in [0.15, 0.2) is 5.82 Å². The Morgan fingerprint density at radius 2 is 1.88 bits per heavy atom. The first-order valence-electron chi connectivity index (χ1n) is 4.69. The molecule has 82 valence electrons. The summed E-state index contributed by atoms with van der Waals surface area (Å²) in [5, 5.41) is 9.13. The van der Waals surface area contributed by atoms with Crippen LogP contribution in [0.2, 0.25) is 0 Å². The van der Waals surface area contributed by atoms with Crippen molar-refractivity contribution in [2.45, 2.75) is 0 Å². The molecule has 0 amide bonds. The van der Waals surface area contributed by atoms with Gasteiger partial charge in [0.05, 0.1) is 7.11 Å². The molecule has 2 aromatic rings. The Morgan fingerprint density at radius 3 is 2.44 bits per heavy atom. The molecule has 1 heterocycles. The zero-order valence-corrected chi connectivity index (χ0v) is 8.64. The van der Waals surface area contributed by atoms with E-state index < -0.39 is 5.82 Å². The number of hydrogen-bond donors (Lipinski definition) is 1. The molecule has 16 heavy (non-hydrogen) atoms.